The van der Waals surface area contributed by atoms with Gasteiger partial charge in [-0.2, -0.15) is 0 Å². The number of aliphatic hydroxyl groups is 1. The molecule has 3 nitrogen and oxygen atoms in total. The minimum absolute atomic E-state index is 0.218. The summed E-state index contributed by atoms with van der Waals surface area (Å²) >= 11 is 1.73. The molecule has 1 aromatic heterocycles. The van der Waals surface area contributed by atoms with Crippen LogP contribution in [0.3, 0.4) is 0 Å². The van der Waals surface area contributed by atoms with Crippen LogP contribution in [0.5, 0.6) is 0 Å². The van der Waals surface area contributed by atoms with Gasteiger partial charge in [-0.1, -0.05) is 0 Å². The number of aliphatic hydroxyl groups excluding tert-OH is 1. The van der Waals surface area contributed by atoms with Crippen molar-refractivity contribution in [2.24, 2.45) is 5.73 Å². The molecule has 0 spiro atoms. The van der Waals surface area contributed by atoms with E-state index in [9.17, 15) is 0 Å². The summed E-state index contributed by atoms with van der Waals surface area (Å²) in [5.41, 5.74) is 5.65. The van der Waals surface area contributed by atoms with E-state index in [1.165, 1.54) is 0 Å². The van der Waals surface area contributed by atoms with E-state index in [4.69, 9.17) is 15.3 Å². The number of nitrogens with two attached hydrogens (primary N) is 1. The molecular formula is C10H17NO2S. The Labute approximate surface area is 88.7 Å². The van der Waals surface area contributed by atoms with Gasteiger partial charge in [0.15, 0.2) is 0 Å². The van der Waals surface area contributed by atoms with E-state index < -0.39 is 0 Å². The van der Waals surface area contributed by atoms with Crippen molar-refractivity contribution in [3.8, 4) is 0 Å². The van der Waals surface area contributed by atoms with Gasteiger partial charge in [-0.15, -0.1) is 11.8 Å². The monoisotopic (exact) mass is 215 g/mol. The summed E-state index contributed by atoms with van der Waals surface area (Å²) < 4.78 is 5.50. The second-order valence-corrected chi connectivity index (χ2v) is 4.43. The lowest BCUT2D eigenvalue weighted by Gasteiger charge is -2.10. The quantitative estimate of drug-likeness (QED) is 0.709. The molecule has 0 aliphatic rings. The summed E-state index contributed by atoms with van der Waals surface area (Å²) in [5, 5.41) is 8.88. The molecule has 1 rings (SSSR count). The van der Waals surface area contributed by atoms with Crippen LogP contribution >= 0.6 is 11.8 Å². The molecule has 0 aliphatic carbocycles. The van der Waals surface area contributed by atoms with E-state index >= 15 is 0 Å². The molecule has 1 unspecified atom stereocenters. The van der Waals surface area contributed by atoms with E-state index in [1.807, 2.05) is 19.1 Å². The highest BCUT2D eigenvalue weighted by molar-refractivity contribution is 7.99. The highest BCUT2D eigenvalue weighted by Crippen LogP contribution is 2.29. The topological polar surface area (TPSA) is 59.4 Å². The predicted molar refractivity (Wildman–Crippen MR) is 59.4 cm³/mol. The largest absolute Gasteiger partial charge is 0.465 e. The first-order valence-electron chi connectivity index (χ1n) is 4.76. The fourth-order valence-electron chi connectivity index (χ4n) is 1.18. The van der Waals surface area contributed by atoms with E-state index in [1.54, 1.807) is 11.8 Å². The fourth-order valence-corrected chi connectivity index (χ4v) is 2.19. The minimum Gasteiger partial charge on any atom is -0.465 e. The second kappa shape index (κ2) is 6.11. The summed E-state index contributed by atoms with van der Waals surface area (Å²) in [6.45, 7) is 2.74. The maximum Gasteiger partial charge on any atom is 0.118 e. The van der Waals surface area contributed by atoms with Crippen molar-refractivity contribution in [3.63, 3.8) is 0 Å². The molecule has 0 amide bonds. The summed E-state index contributed by atoms with van der Waals surface area (Å²) in [6.07, 6.45) is 0.806. The van der Waals surface area contributed by atoms with Crippen molar-refractivity contribution in [1.29, 1.82) is 0 Å². The van der Waals surface area contributed by atoms with Crippen molar-refractivity contribution in [2.75, 3.05) is 18.9 Å². The molecule has 0 saturated carbocycles. The molecule has 1 aromatic rings. The second-order valence-electron chi connectivity index (χ2n) is 3.12. The molecular weight excluding hydrogens is 198 g/mol. The third kappa shape index (κ3) is 3.36. The van der Waals surface area contributed by atoms with Crippen molar-refractivity contribution < 1.29 is 9.52 Å². The number of furan rings is 1. The van der Waals surface area contributed by atoms with Crippen molar-refractivity contribution >= 4 is 11.8 Å². The van der Waals surface area contributed by atoms with Crippen LogP contribution in [0.15, 0.2) is 16.5 Å². The molecule has 14 heavy (non-hydrogen) atoms. The van der Waals surface area contributed by atoms with Crippen molar-refractivity contribution in [2.45, 2.75) is 18.6 Å². The maximum absolute atomic E-state index is 8.66. The molecule has 0 aliphatic heterocycles. The van der Waals surface area contributed by atoms with Gasteiger partial charge in [0, 0.05) is 13.2 Å². The number of hydrogen-bond donors (Lipinski definition) is 2. The SMILES string of the molecule is Cc1ccc(C(CN)SCCCO)o1. The minimum atomic E-state index is 0.218. The molecule has 0 saturated heterocycles. The molecule has 1 atom stereocenters. The van der Waals surface area contributed by atoms with Crippen LogP contribution in [0.4, 0.5) is 0 Å². The van der Waals surface area contributed by atoms with Crippen LogP contribution in [0.25, 0.3) is 0 Å². The lowest BCUT2D eigenvalue weighted by atomic mass is 10.3. The predicted octanol–water partition coefficient (Wildman–Crippen LogP) is 1.70. The highest BCUT2D eigenvalue weighted by atomic mass is 32.2. The number of aryl methyl sites for hydroxylation is 1. The average Bonchev–Trinajstić information content (AvgIpc) is 2.60. The third-order valence-electron chi connectivity index (χ3n) is 1.91. The van der Waals surface area contributed by atoms with E-state index in [2.05, 4.69) is 0 Å². The zero-order chi connectivity index (χ0) is 10.4. The molecule has 4 heteroatoms. The van der Waals surface area contributed by atoms with Gasteiger partial charge in [0.2, 0.25) is 0 Å². The lowest BCUT2D eigenvalue weighted by molar-refractivity contribution is 0.296. The molecule has 0 bridgehead atoms. The van der Waals surface area contributed by atoms with E-state index in [0.29, 0.717) is 6.54 Å². The first-order chi connectivity index (χ1) is 6.77. The first-order valence-corrected chi connectivity index (χ1v) is 5.81. The number of rotatable bonds is 6. The number of thioether (sulfide) groups is 1. The summed E-state index contributed by atoms with van der Waals surface area (Å²) in [4.78, 5) is 0. The van der Waals surface area contributed by atoms with Gasteiger partial charge in [-0.25, -0.2) is 0 Å². The molecule has 1 heterocycles. The molecule has 80 valence electrons. The normalized spacial score (nSPS) is 13.1. The van der Waals surface area contributed by atoms with Crippen LogP contribution in [0, 0.1) is 6.92 Å². The summed E-state index contributed by atoms with van der Waals surface area (Å²) in [7, 11) is 0. The Kier molecular flexibility index (Phi) is 5.07. The van der Waals surface area contributed by atoms with Gasteiger partial charge >= 0.3 is 0 Å². The van der Waals surface area contributed by atoms with Crippen LogP contribution in [0.1, 0.15) is 23.2 Å². The molecule has 0 radical (unpaired) electrons. The van der Waals surface area contributed by atoms with Crippen LogP contribution < -0.4 is 5.73 Å². The maximum atomic E-state index is 8.66. The standard InChI is InChI=1S/C10H17NO2S/c1-8-3-4-9(13-8)10(7-11)14-6-2-5-12/h3-4,10,12H,2,5-7,11H2,1H3. The summed E-state index contributed by atoms with van der Waals surface area (Å²) in [6, 6.07) is 3.92. The Morgan fingerprint density at radius 1 is 1.57 bits per heavy atom. The highest BCUT2D eigenvalue weighted by Gasteiger charge is 2.13. The lowest BCUT2D eigenvalue weighted by Crippen LogP contribution is -2.09. The molecule has 0 aromatic carbocycles. The number of hydrogen-bond acceptors (Lipinski definition) is 4. The van der Waals surface area contributed by atoms with Gasteiger partial charge in [0.25, 0.3) is 0 Å². The Morgan fingerprint density at radius 3 is 2.86 bits per heavy atom. The molecule has 0 fully saturated rings. The fraction of sp³-hybridized carbons (Fsp3) is 0.600. The Hall–Kier alpha value is -0.450. The van der Waals surface area contributed by atoms with Crippen LogP contribution in [0.2, 0.25) is 0 Å². The van der Waals surface area contributed by atoms with Crippen molar-refractivity contribution in [1.82, 2.24) is 0 Å². The van der Waals surface area contributed by atoms with Crippen LogP contribution in [-0.4, -0.2) is 24.0 Å². The van der Waals surface area contributed by atoms with Crippen LogP contribution in [-0.2, 0) is 0 Å². The smallest absolute Gasteiger partial charge is 0.118 e. The Balaban J connectivity index is 2.45. The average molecular weight is 215 g/mol. The Bertz CT molecular complexity index is 262. The van der Waals surface area contributed by atoms with Crippen molar-refractivity contribution in [3.05, 3.63) is 23.7 Å². The summed E-state index contributed by atoms with van der Waals surface area (Å²) in [5.74, 6) is 2.77. The zero-order valence-corrected chi connectivity index (χ0v) is 9.22. The first kappa shape index (κ1) is 11.6. The van der Waals surface area contributed by atoms with Gasteiger partial charge < -0.3 is 15.3 Å². The van der Waals surface area contributed by atoms with E-state index in [-0.39, 0.29) is 11.9 Å². The van der Waals surface area contributed by atoms with Gasteiger partial charge in [-0.3, -0.25) is 0 Å². The molecule has 3 N–H and O–H groups in total. The van der Waals surface area contributed by atoms with E-state index in [0.717, 1.165) is 23.7 Å². The van der Waals surface area contributed by atoms with Gasteiger partial charge in [0.05, 0.1) is 5.25 Å². The van der Waals surface area contributed by atoms with Gasteiger partial charge in [0.1, 0.15) is 11.5 Å². The zero-order valence-electron chi connectivity index (χ0n) is 8.40. The van der Waals surface area contributed by atoms with Gasteiger partial charge in [-0.05, 0) is 31.2 Å². The third-order valence-corrected chi connectivity index (χ3v) is 3.27. The Morgan fingerprint density at radius 2 is 2.36 bits per heavy atom.